The Kier molecular flexibility index (Phi) is 2.11. The van der Waals surface area contributed by atoms with Crippen LogP contribution in [0.5, 0.6) is 0 Å². The van der Waals surface area contributed by atoms with Crippen molar-refractivity contribution in [3.63, 3.8) is 0 Å². The van der Waals surface area contributed by atoms with E-state index in [0.29, 0.717) is 0 Å². The zero-order valence-corrected chi connectivity index (χ0v) is 9.13. The van der Waals surface area contributed by atoms with Gasteiger partial charge in [0.2, 0.25) is 0 Å². The third kappa shape index (κ3) is 1.25. The maximum Gasteiger partial charge on any atom is 0.115 e. The molecule has 0 bridgehead atoms. The Bertz CT molecular complexity index is 388. The van der Waals surface area contributed by atoms with Crippen molar-refractivity contribution < 1.29 is 0 Å². The van der Waals surface area contributed by atoms with Crippen molar-refractivity contribution >= 4 is 42.8 Å². The summed E-state index contributed by atoms with van der Waals surface area (Å²) >= 11 is 6.74. The van der Waals surface area contributed by atoms with Crippen LogP contribution in [-0.2, 0) is 0 Å². The number of hydrogen-bond donors (Lipinski definition) is 0. The third-order valence-corrected chi connectivity index (χ3v) is 2.76. The number of rotatable bonds is 0. The molecule has 0 saturated carbocycles. The maximum atomic E-state index is 4.22. The van der Waals surface area contributed by atoms with Crippen LogP contribution in [0.2, 0.25) is 0 Å². The summed E-state index contributed by atoms with van der Waals surface area (Å²) in [6.45, 7) is 0. The summed E-state index contributed by atoms with van der Waals surface area (Å²) in [5.41, 5.74) is 0.930. The van der Waals surface area contributed by atoms with E-state index < -0.39 is 0 Å². The quantitative estimate of drug-likeness (QED) is 0.696. The lowest BCUT2D eigenvalue weighted by atomic mass is 10.3. The Hall–Kier alpha value is -0.480. The predicted molar refractivity (Wildman–Crippen MR) is 54.9 cm³/mol. The molecule has 0 N–H and O–H groups in total. The highest BCUT2D eigenvalue weighted by atomic mass is 79.9. The zero-order valence-electron chi connectivity index (χ0n) is 5.96. The van der Waals surface area contributed by atoms with Gasteiger partial charge >= 0.3 is 0 Å². The van der Waals surface area contributed by atoms with E-state index in [0.717, 1.165) is 20.0 Å². The lowest BCUT2D eigenvalue weighted by Gasteiger charge is -1.99. The van der Waals surface area contributed by atoms with E-state index in [2.05, 4.69) is 41.8 Å². The lowest BCUT2D eigenvalue weighted by molar-refractivity contribution is 1.27. The van der Waals surface area contributed by atoms with E-state index in [1.807, 2.05) is 12.1 Å². The van der Waals surface area contributed by atoms with Gasteiger partial charge in [0, 0.05) is 17.8 Å². The van der Waals surface area contributed by atoms with Crippen molar-refractivity contribution in [1.29, 1.82) is 0 Å². The second-order valence-electron chi connectivity index (χ2n) is 2.30. The SMILES string of the molecule is Brc1ncc(Br)c2ncccc12. The molecule has 12 heavy (non-hydrogen) atoms. The van der Waals surface area contributed by atoms with Gasteiger partial charge in [-0.15, -0.1) is 0 Å². The second-order valence-corrected chi connectivity index (χ2v) is 3.90. The minimum Gasteiger partial charge on any atom is -0.255 e. The summed E-state index contributed by atoms with van der Waals surface area (Å²) in [6.07, 6.45) is 3.50. The molecule has 0 fully saturated rings. The van der Waals surface area contributed by atoms with Gasteiger partial charge in [0.05, 0.1) is 9.99 Å². The molecule has 0 saturated heterocycles. The molecule has 0 unspecified atom stereocenters. The van der Waals surface area contributed by atoms with Gasteiger partial charge < -0.3 is 0 Å². The third-order valence-electron chi connectivity index (χ3n) is 1.55. The summed E-state index contributed by atoms with van der Waals surface area (Å²) in [4.78, 5) is 8.36. The molecule has 0 aliphatic carbocycles. The number of halogens is 2. The molecule has 0 aliphatic heterocycles. The molecule has 2 heterocycles. The molecule has 2 nitrogen and oxygen atoms in total. The van der Waals surface area contributed by atoms with Gasteiger partial charge in [-0.05, 0) is 44.0 Å². The number of hydrogen-bond acceptors (Lipinski definition) is 2. The van der Waals surface area contributed by atoms with Gasteiger partial charge in [-0.2, -0.15) is 0 Å². The van der Waals surface area contributed by atoms with Crippen LogP contribution in [-0.4, -0.2) is 9.97 Å². The van der Waals surface area contributed by atoms with E-state index in [-0.39, 0.29) is 0 Å². The fourth-order valence-corrected chi connectivity index (χ4v) is 1.85. The molecule has 0 amide bonds. The van der Waals surface area contributed by atoms with Crippen LogP contribution in [0.25, 0.3) is 10.9 Å². The van der Waals surface area contributed by atoms with Crippen molar-refractivity contribution in [2.75, 3.05) is 0 Å². The van der Waals surface area contributed by atoms with Crippen LogP contribution in [0.1, 0.15) is 0 Å². The Labute approximate surface area is 86.3 Å². The van der Waals surface area contributed by atoms with Gasteiger partial charge in [0.1, 0.15) is 4.60 Å². The van der Waals surface area contributed by atoms with Crippen molar-refractivity contribution in [3.05, 3.63) is 33.6 Å². The minimum absolute atomic E-state index is 0.828. The van der Waals surface area contributed by atoms with Gasteiger partial charge in [0.25, 0.3) is 0 Å². The number of pyridine rings is 2. The maximum absolute atomic E-state index is 4.22. The summed E-state index contributed by atoms with van der Waals surface area (Å²) in [5, 5.41) is 1.02. The topological polar surface area (TPSA) is 25.8 Å². The first-order valence-corrected chi connectivity index (χ1v) is 4.92. The number of nitrogens with zero attached hydrogens (tertiary/aromatic N) is 2. The lowest BCUT2D eigenvalue weighted by Crippen LogP contribution is -1.83. The second kappa shape index (κ2) is 3.11. The van der Waals surface area contributed by atoms with E-state index in [4.69, 9.17) is 0 Å². The van der Waals surface area contributed by atoms with Crippen molar-refractivity contribution in [1.82, 2.24) is 9.97 Å². The molecule has 4 heteroatoms. The average Bonchev–Trinajstić information content (AvgIpc) is 2.12. The Morgan fingerprint density at radius 2 is 2.00 bits per heavy atom. The Balaban J connectivity index is 2.95. The Morgan fingerprint density at radius 3 is 2.75 bits per heavy atom. The number of fused-ring (bicyclic) bond motifs is 1. The molecule has 2 aromatic heterocycles. The first kappa shape index (κ1) is 8.13. The van der Waals surface area contributed by atoms with Crippen molar-refractivity contribution in [2.24, 2.45) is 0 Å². The van der Waals surface area contributed by atoms with Gasteiger partial charge in [-0.25, -0.2) is 4.98 Å². The standard InChI is InChI=1S/C8H4Br2N2/c9-6-4-12-8(10)5-2-1-3-11-7(5)6/h1-4H. The van der Waals surface area contributed by atoms with Crippen LogP contribution in [0, 0.1) is 0 Å². The predicted octanol–water partition coefficient (Wildman–Crippen LogP) is 3.15. The highest BCUT2D eigenvalue weighted by Gasteiger charge is 2.02. The average molecular weight is 288 g/mol. The van der Waals surface area contributed by atoms with Crippen LogP contribution < -0.4 is 0 Å². The summed E-state index contributed by atoms with van der Waals surface area (Å²) in [7, 11) is 0. The first-order valence-electron chi connectivity index (χ1n) is 3.34. The fraction of sp³-hybridized carbons (Fsp3) is 0. The van der Waals surface area contributed by atoms with Gasteiger partial charge in [-0.3, -0.25) is 4.98 Å². The Morgan fingerprint density at radius 1 is 1.17 bits per heavy atom. The van der Waals surface area contributed by atoms with Crippen molar-refractivity contribution in [2.45, 2.75) is 0 Å². The van der Waals surface area contributed by atoms with E-state index in [1.54, 1.807) is 12.4 Å². The zero-order chi connectivity index (χ0) is 8.55. The number of aromatic nitrogens is 2. The van der Waals surface area contributed by atoms with Crippen LogP contribution in [0.15, 0.2) is 33.6 Å². The summed E-state index contributed by atoms with van der Waals surface area (Å²) < 4.78 is 1.75. The normalized spacial score (nSPS) is 10.5. The highest BCUT2D eigenvalue weighted by molar-refractivity contribution is 9.11. The molecule has 0 atom stereocenters. The molecule has 0 spiro atoms. The molecule has 2 rings (SSSR count). The largest absolute Gasteiger partial charge is 0.255 e. The molecule has 0 radical (unpaired) electrons. The molecule has 0 aliphatic rings. The van der Waals surface area contributed by atoms with E-state index in [9.17, 15) is 0 Å². The molecule has 2 aromatic rings. The van der Waals surface area contributed by atoms with Gasteiger partial charge in [0.15, 0.2) is 0 Å². The first-order chi connectivity index (χ1) is 5.79. The van der Waals surface area contributed by atoms with Crippen LogP contribution in [0.4, 0.5) is 0 Å². The minimum atomic E-state index is 0.828. The molecule has 60 valence electrons. The fourth-order valence-electron chi connectivity index (χ4n) is 1.01. The summed E-state index contributed by atoms with van der Waals surface area (Å²) in [6, 6.07) is 3.87. The molecular formula is C8H4Br2N2. The van der Waals surface area contributed by atoms with Crippen LogP contribution >= 0.6 is 31.9 Å². The molecule has 0 aromatic carbocycles. The van der Waals surface area contributed by atoms with E-state index >= 15 is 0 Å². The highest BCUT2D eigenvalue weighted by Crippen LogP contribution is 2.25. The van der Waals surface area contributed by atoms with Crippen molar-refractivity contribution in [3.8, 4) is 0 Å². The van der Waals surface area contributed by atoms with Crippen LogP contribution in [0.3, 0.4) is 0 Å². The van der Waals surface area contributed by atoms with E-state index in [1.165, 1.54) is 0 Å². The smallest absolute Gasteiger partial charge is 0.115 e. The molecular weight excluding hydrogens is 284 g/mol. The summed E-state index contributed by atoms with van der Waals surface area (Å²) in [5.74, 6) is 0. The monoisotopic (exact) mass is 286 g/mol. The van der Waals surface area contributed by atoms with Gasteiger partial charge in [-0.1, -0.05) is 0 Å².